The predicted molar refractivity (Wildman–Crippen MR) is 105 cm³/mol. The van der Waals surface area contributed by atoms with Crippen LogP contribution < -0.4 is 25.4 Å². The number of anilines is 3. The first kappa shape index (κ1) is 18.7. The zero-order valence-corrected chi connectivity index (χ0v) is 16.0. The number of benzene rings is 1. The molecule has 0 radical (unpaired) electrons. The average Bonchev–Trinajstić information content (AvgIpc) is 2.71. The molecule has 1 aromatic heterocycles. The molecule has 0 saturated carbocycles. The maximum absolute atomic E-state index is 13.2. The summed E-state index contributed by atoms with van der Waals surface area (Å²) in [5.41, 5.74) is 6.54. The summed E-state index contributed by atoms with van der Waals surface area (Å²) >= 11 is 0. The number of hydrogen-bond acceptors (Lipinski definition) is 7. The van der Waals surface area contributed by atoms with Crippen LogP contribution in [-0.4, -0.2) is 41.3 Å². The molecule has 3 N–H and O–H groups in total. The highest BCUT2D eigenvalue weighted by molar-refractivity contribution is 6.10. The van der Waals surface area contributed by atoms with E-state index in [1.54, 1.807) is 37.3 Å². The molecule has 4 rings (SSSR count). The summed E-state index contributed by atoms with van der Waals surface area (Å²) in [6, 6.07) is 7.13. The molecule has 0 spiro atoms. The van der Waals surface area contributed by atoms with Gasteiger partial charge in [-0.05, 0) is 43.7 Å². The van der Waals surface area contributed by atoms with Crippen LogP contribution in [0.4, 0.5) is 17.3 Å². The minimum atomic E-state index is -0.855. The fraction of sp³-hybridized carbons (Fsp3) is 0.300. The number of ketones is 1. The van der Waals surface area contributed by atoms with Gasteiger partial charge in [0.15, 0.2) is 30.1 Å². The summed E-state index contributed by atoms with van der Waals surface area (Å²) in [5, 5.41) is 2.68. The Labute approximate surface area is 166 Å². The number of nitrogen functional groups attached to an aromatic ring is 1. The molecule has 29 heavy (non-hydrogen) atoms. The molecule has 2 aromatic rings. The maximum atomic E-state index is 13.2. The minimum absolute atomic E-state index is 0.0682. The number of carbonyl (C=O) groups is 3. The number of rotatable bonds is 4. The normalized spacial score (nSPS) is 18.7. The molecule has 0 bridgehead atoms. The van der Waals surface area contributed by atoms with E-state index in [-0.39, 0.29) is 35.8 Å². The molecule has 2 aliphatic rings. The largest absolute Gasteiger partial charge is 0.482 e. The van der Waals surface area contributed by atoms with Crippen LogP contribution in [0.25, 0.3) is 0 Å². The van der Waals surface area contributed by atoms with Gasteiger partial charge in [-0.2, -0.15) is 0 Å². The summed E-state index contributed by atoms with van der Waals surface area (Å²) in [5.74, 6) is 0.362. The van der Waals surface area contributed by atoms with Crippen molar-refractivity contribution in [1.82, 2.24) is 4.98 Å². The van der Waals surface area contributed by atoms with Crippen molar-refractivity contribution in [3.05, 3.63) is 35.9 Å². The second-order valence-electron chi connectivity index (χ2n) is 6.87. The van der Waals surface area contributed by atoms with Crippen LogP contribution in [0, 0.1) is 0 Å². The van der Waals surface area contributed by atoms with Crippen LogP contribution in [0.3, 0.4) is 0 Å². The van der Waals surface area contributed by atoms with Crippen LogP contribution in [0.15, 0.2) is 30.3 Å². The number of carbonyl (C=O) groups excluding carboxylic acids is 3. The average molecular weight is 396 g/mol. The van der Waals surface area contributed by atoms with E-state index < -0.39 is 12.1 Å². The van der Waals surface area contributed by atoms with Crippen molar-refractivity contribution in [2.75, 3.05) is 22.6 Å². The molecule has 150 valence electrons. The van der Waals surface area contributed by atoms with E-state index in [1.165, 1.54) is 4.90 Å². The number of aromatic nitrogens is 1. The van der Waals surface area contributed by atoms with Crippen molar-refractivity contribution in [2.24, 2.45) is 0 Å². The fourth-order valence-corrected chi connectivity index (χ4v) is 3.41. The van der Waals surface area contributed by atoms with Crippen molar-refractivity contribution in [1.29, 1.82) is 0 Å². The summed E-state index contributed by atoms with van der Waals surface area (Å²) in [6.07, 6.45) is -0.262. The van der Waals surface area contributed by atoms with Crippen LogP contribution in [0.1, 0.15) is 30.6 Å². The Bertz CT molecular complexity index is 1020. The highest BCUT2D eigenvalue weighted by Gasteiger charge is 2.40. The van der Waals surface area contributed by atoms with E-state index in [0.29, 0.717) is 29.2 Å². The Kier molecular flexibility index (Phi) is 4.57. The highest BCUT2D eigenvalue weighted by Crippen LogP contribution is 2.36. The van der Waals surface area contributed by atoms with Gasteiger partial charge < -0.3 is 20.5 Å². The van der Waals surface area contributed by atoms with Gasteiger partial charge in [-0.15, -0.1) is 0 Å². The zero-order valence-electron chi connectivity index (χ0n) is 16.0. The summed E-state index contributed by atoms with van der Waals surface area (Å²) in [4.78, 5) is 43.3. The molecule has 2 unspecified atom stereocenters. The van der Waals surface area contributed by atoms with Gasteiger partial charge in [0, 0.05) is 5.56 Å². The fourth-order valence-electron chi connectivity index (χ4n) is 3.41. The molecule has 2 amide bonds. The van der Waals surface area contributed by atoms with E-state index in [1.807, 2.05) is 6.92 Å². The van der Waals surface area contributed by atoms with E-state index in [2.05, 4.69) is 10.3 Å². The number of nitrogens with one attached hydrogen (secondary N) is 1. The molecule has 2 aliphatic heterocycles. The maximum Gasteiger partial charge on any atom is 0.269 e. The SMILES string of the molecule is CCC1Oc2ccc(N)nc2N(C(C)C(=O)c2ccc3c(c2)NC(=O)CO3)C1=O. The first-order valence-electron chi connectivity index (χ1n) is 9.26. The van der Waals surface area contributed by atoms with Crippen molar-refractivity contribution in [2.45, 2.75) is 32.4 Å². The third-order valence-electron chi connectivity index (χ3n) is 4.91. The van der Waals surface area contributed by atoms with Crippen LogP contribution in [-0.2, 0) is 9.59 Å². The lowest BCUT2D eigenvalue weighted by Crippen LogP contribution is -2.52. The van der Waals surface area contributed by atoms with Crippen molar-refractivity contribution in [3.8, 4) is 11.5 Å². The molecule has 9 nitrogen and oxygen atoms in total. The molecule has 0 saturated heterocycles. The van der Waals surface area contributed by atoms with Gasteiger partial charge in [0.25, 0.3) is 11.8 Å². The Balaban J connectivity index is 1.70. The molecule has 3 heterocycles. The van der Waals surface area contributed by atoms with E-state index in [0.717, 1.165) is 0 Å². The molecular formula is C20H20N4O5. The molecule has 1 aromatic carbocycles. The first-order chi connectivity index (χ1) is 13.9. The van der Waals surface area contributed by atoms with E-state index in [9.17, 15) is 14.4 Å². The van der Waals surface area contributed by atoms with Gasteiger partial charge in [0.05, 0.1) is 11.7 Å². The number of pyridine rings is 1. The van der Waals surface area contributed by atoms with Gasteiger partial charge >= 0.3 is 0 Å². The topological polar surface area (TPSA) is 124 Å². The lowest BCUT2D eigenvalue weighted by molar-refractivity contribution is -0.126. The lowest BCUT2D eigenvalue weighted by atomic mass is 10.0. The van der Waals surface area contributed by atoms with Crippen molar-refractivity contribution >= 4 is 34.9 Å². The number of ether oxygens (including phenoxy) is 2. The minimum Gasteiger partial charge on any atom is -0.482 e. The van der Waals surface area contributed by atoms with E-state index >= 15 is 0 Å². The third kappa shape index (κ3) is 3.24. The molecule has 9 heteroatoms. The van der Waals surface area contributed by atoms with Crippen molar-refractivity contribution < 1.29 is 23.9 Å². The van der Waals surface area contributed by atoms with Gasteiger partial charge in [-0.3, -0.25) is 19.3 Å². The Morgan fingerprint density at radius 2 is 2.07 bits per heavy atom. The quantitative estimate of drug-likeness (QED) is 0.755. The monoisotopic (exact) mass is 396 g/mol. The number of fused-ring (bicyclic) bond motifs is 2. The summed E-state index contributed by atoms with van der Waals surface area (Å²) in [6.45, 7) is 3.39. The Morgan fingerprint density at radius 1 is 1.31 bits per heavy atom. The van der Waals surface area contributed by atoms with Gasteiger partial charge in [-0.1, -0.05) is 6.92 Å². The van der Waals surface area contributed by atoms with E-state index in [4.69, 9.17) is 15.2 Å². The number of nitrogens with two attached hydrogens (primary N) is 1. The summed E-state index contributed by atoms with van der Waals surface area (Å²) in [7, 11) is 0. The van der Waals surface area contributed by atoms with Crippen LogP contribution in [0.2, 0.25) is 0 Å². The van der Waals surface area contributed by atoms with Crippen LogP contribution >= 0.6 is 0 Å². The van der Waals surface area contributed by atoms with Crippen LogP contribution in [0.5, 0.6) is 11.5 Å². The lowest BCUT2D eigenvalue weighted by Gasteiger charge is -2.36. The number of hydrogen-bond donors (Lipinski definition) is 2. The summed E-state index contributed by atoms with van der Waals surface area (Å²) < 4.78 is 11.0. The molecule has 0 fully saturated rings. The number of amides is 2. The van der Waals surface area contributed by atoms with Crippen molar-refractivity contribution in [3.63, 3.8) is 0 Å². The second kappa shape index (κ2) is 7.08. The highest BCUT2D eigenvalue weighted by atomic mass is 16.5. The molecule has 0 aliphatic carbocycles. The zero-order chi connectivity index (χ0) is 20.7. The predicted octanol–water partition coefficient (Wildman–Crippen LogP) is 1.77. The second-order valence-corrected chi connectivity index (χ2v) is 6.87. The Hall–Kier alpha value is -3.62. The number of Topliss-reactive ketones (excluding diaryl/α,β-unsaturated/α-hetero) is 1. The standard InChI is InChI=1S/C20H20N4O5/c1-3-13-20(27)24(19-15(29-13)6-7-16(21)23-19)10(2)18(26)11-4-5-14-12(8-11)22-17(25)9-28-14/h4-8,10,13H,3,9H2,1-2H3,(H2,21,23)(H,22,25). The van der Waals surface area contributed by atoms with Gasteiger partial charge in [-0.25, -0.2) is 4.98 Å². The third-order valence-corrected chi connectivity index (χ3v) is 4.91. The smallest absolute Gasteiger partial charge is 0.269 e. The first-order valence-corrected chi connectivity index (χ1v) is 9.26. The van der Waals surface area contributed by atoms with Gasteiger partial charge in [0.2, 0.25) is 0 Å². The molecule has 2 atom stereocenters. The number of nitrogens with zero attached hydrogens (tertiary/aromatic N) is 2. The molecular weight excluding hydrogens is 376 g/mol. The Morgan fingerprint density at radius 3 is 2.83 bits per heavy atom. The van der Waals surface area contributed by atoms with Gasteiger partial charge in [0.1, 0.15) is 11.6 Å².